The average molecular weight is 264 g/mol. The van der Waals surface area contributed by atoms with Gasteiger partial charge in [-0.25, -0.2) is 0 Å². The molecule has 1 radical (unpaired) electrons. The van der Waals surface area contributed by atoms with E-state index >= 15 is 0 Å². The molecule has 1 aromatic heterocycles. The third-order valence-electron chi connectivity index (χ3n) is 2.13. The van der Waals surface area contributed by atoms with Crippen LogP contribution in [0.4, 0.5) is 0 Å². The molecule has 3 nitrogen and oxygen atoms in total. The van der Waals surface area contributed by atoms with Gasteiger partial charge in [-0.3, -0.25) is 4.79 Å². The van der Waals surface area contributed by atoms with Gasteiger partial charge in [-0.2, -0.15) is 0 Å². The van der Waals surface area contributed by atoms with Crippen molar-refractivity contribution in [2.75, 3.05) is 0 Å². The molecule has 2 rings (SSSR count). The van der Waals surface area contributed by atoms with Gasteiger partial charge in [0.15, 0.2) is 0 Å². The van der Waals surface area contributed by atoms with Crippen LogP contribution in [-0.4, -0.2) is 10.1 Å². The van der Waals surface area contributed by atoms with Gasteiger partial charge in [0.05, 0.1) is 11.1 Å². The maximum atomic E-state index is 11.2. The number of aromatic hydroxyl groups is 1. The summed E-state index contributed by atoms with van der Waals surface area (Å²) in [5, 5.41) is 10.3. The minimum atomic E-state index is -0.240. The van der Waals surface area contributed by atoms with Gasteiger partial charge in [0.1, 0.15) is 5.75 Å². The smallest absolute Gasteiger partial charge is 0.255 e. The average Bonchev–Trinajstić information content (AvgIpc) is 2.15. The van der Waals surface area contributed by atoms with Crippen LogP contribution in [0, 0.1) is 6.92 Å². The summed E-state index contributed by atoms with van der Waals surface area (Å²) in [6.07, 6.45) is 0. The van der Waals surface area contributed by atoms with Gasteiger partial charge in [-0.1, -0.05) is 12.1 Å². The number of nitrogens with one attached hydrogen (secondary N) is 1. The molecule has 0 spiro atoms. The van der Waals surface area contributed by atoms with E-state index < -0.39 is 0 Å². The Balaban J connectivity index is 0.000000980. The Kier molecular flexibility index (Phi) is 3.45. The Labute approximate surface area is 106 Å². The Morgan fingerprint density at radius 3 is 2.64 bits per heavy atom. The Morgan fingerprint density at radius 1 is 1.29 bits per heavy atom. The van der Waals surface area contributed by atoms with Crippen molar-refractivity contribution in [3.63, 3.8) is 0 Å². The summed E-state index contributed by atoms with van der Waals surface area (Å²) in [6.45, 7) is 1.60. The van der Waals surface area contributed by atoms with E-state index in [-0.39, 0.29) is 44.0 Å². The predicted octanol–water partition coefficient (Wildman–Crippen LogP) is 1.54. The van der Waals surface area contributed by atoms with E-state index in [0.29, 0.717) is 16.5 Å². The first-order chi connectivity index (χ1) is 6.20. The molecule has 0 aliphatic rings. The van der Waals surface area contributed by atoms with Crippen LogP contribution >= 0.6 is 0 Å². The molecule has 0 saturated carbocycles. The Hall–Kier alpha value is -0.666. The van der Waals surface area contributed by atoms with Crippen LogP contribution < -0.4 is 5.56 Å². The number of pyridine rings is 1. The summed E-state index contributed by atoms with van der Waals surface area (Å²) in [6, 6.07) is 7.16. The summed E-state index contributed by atoms with van der Waals surface area (Å²) < 4.78 is 0. The van der Waals surface area contributed by atoms with Gasteiger partial charge in [0.25, 0.3) is 5.56 Å². The molecule has 2 aromatic rings. The molecule has 0 aliphatic carbocycles. The molecule has 69 valence electrons. The first-order valence-corrected chi connectivity index (χ1v) is 4.01. The monoisotopic (exact) mass is 264 g/mol. The number of benzene rings is 1. The van der Waals surface area contributed by atoms with E-state index in [9.17, 15) is 9.90 Å². The summed E-state index contributed by atoms with van der Waals surface area (Å²) in [5.74, 6) is 0.0688. The van der Waals surface area contributed by atoms with Gasteiger partial charge in [0, 0.05) is 38.1 Å². The van der Waals surface area contributed by atoms with Gasteiger partial charge in [0.2, 0.25) is 0 Å². The fraction of sp³-hybridized carbons (Fsp3) is 0.100. The number of para-hydroxylation sites is 1. The van der Waals surface area contributed by atoms with E-state index in [2.05, 4.69) is 4.98 Å². The van der Waals surface area contributed by atoms with E-state index in [1.54, 1.807) is 19.1 Å². The minimum Gasteiger partial charge on any atom is -0.507 e. The van der Waals surface area contributed by atoms with Crippen molar-refractivity contribution in [2.45, 2.75) is 6.92 Å². The molecule has 0 amide bonds. The Morgan fingerprint density at radius 2 is 1.93 bits per heavy atom. The van der Waals surface area contributed by atoms with Crippen molar-refractivity contribution in [1.29, 1.82) is 0 Å². The number of aromatic nitrogens is 1. The van der Waals surface area contributed by atoms with Gasteiger partial charge in [-0.15, -0.1) is 0 Å². The summed E-state index contributed by atoms with van der Waals surface area (Å²) in [5.41, 5.74) is 0.783. The quantitative estimate of drug-likeness (QED) is 0.758. The molecule has 0 unspecified atom stereocenters. The number of aromatic amines is 1. The van der Waals surface area contributed by atoms with E-state index in [1.807, 2.05) is 12.1 Å². The molecule has 2 N–H and O–H groups in total. The van der Waals surface area contributed by atoms with Gasteiger partial charge in [-0.05, 0) is 19.1 Å². The second-order valence-corrected chi connectivity index (χ2v) is 2.97. The largest absolute Gasteiger partial charge is 0.507 e. The molecular formula is C10H9NO2Y. The predicted molar refractivity (Wildman–Crippen MR) is 51.0 cm³/mol. The topological polar surface area (TPSA) is 53.1 Å². The molecule has 1 heterocycles. The van der Waals surface area contributed by atoms with Crippen molar-refractivity contribution in [1.82, 2.24) is 4.98 Å². The number of H-pyrrole nitrogens is 1. The normalized spacial score (nSPS) is 9.79. The fourth-order valence-electron chi connectivity index (χ4n) is 1.32. The van der Waals surface area contributed by atoms with Crippen LogP contribution in [0.2, 0.25) is 0 Å². The molecule has 0 aliphatic heterocycles. The van der Waals surface area contributed by atoms with Crippen molar-refractivity contribution in [3.05, 3.63) is 40.2 Å². The number of hydrogen-bond donors (Lipinski definition) is 2. The Bertz CT molecular complexity index is 519. The SMILES string of the molecule is Cc1c(O)c2ccccc2[nH]c1=O.[Y]. The molecule has 0 saturated heterocycles. The molecule has 14 heavy (non-hydrogen) atoms. The first-order valence-electron chi connectivity index (χ1n) is 4.01. The van der Waals surface area contributed by atoms with Crippen LogP contribution in [0.15, 0.2) is 29.1 Å². The molecule has 0 atom stereocenters. The third kappa shape index (κ3) is 1.75. The zero-order valence-corrected chi connectivity index (χ0v) is 10.6. The van der Waals surface area contributed by atoms with Crippen molar-refractivity contribution >= 4 is 10.9 Å². The second kappa shape index (κ2) is 4.24. The standard InChI is InChI=1S/C10H9NO2.Y/c1-6-9(12)7-4-2-3-5-8(7)11-10(6)13;/h2-5H,1H3,(H2,11,12,13);. The summed E-state index contributed by atoms with van der Waals surface area (Å²) >= 11 is 0. The molecule has 0 fully saturated rings. The van der Waals surface area contributed by atoms with Crippen LogP contribution in [-0.2, 0) is 32.7 Å². The molecule has 4 heteroatoms. The third-order valence-corrected chi connectivity index (χ3v) is 2.13. The zero-order chi connectivity index (χ0) is 9.42. The van der Waals surface area contributed by atoms with Crippen LogP contribution in [0.1, 0.15) is 5.56 Å². The number of fused-ring (bicyclic) bond motifs is 1. The van der Waals surface area contributed by atoms with Crippen LogP contribution in [0.5, 0.6) is 5.75 Å². The molecule has 1 aromatic carbocycles. The number of rotatable bonds is 0. The maximum Gasteiger partial charge on any atom is 0.255 e. The van der Waals surface area contributed by atoms with Gasteiger partial charge < -0.3 is 10.1 Å². The zero-order valence-electron chi connectivity index (χ0n) is 7.74. The maximum absolute atomic E-state index is 11.2. The molecule has 0 bridgehead atoms. The summed E-state index contributed by atoms with van der Waals surface area (Å²) in [7, 11) is 0. The van der Waals surface area contributed by atoms with Crippen LogP contribution in [0.25, 0.3) is 10.9 Å². The number of hydrogen-bond acceptors (Lipinski definition) is 2. The second-order valence-electron chi connectivity index (χ2n) is 2.97. The van der Waals surface area contributed by atoms with E-state index in [1.165, 1.54) is 0 Å². The van der Waals surface area contributed by atoms with Crippen molar-refractivity contribution < 1.29 is 37.8 Å². The minimum absolute atomic E-state index is 0. The van der Waals surface area contributed by atoms with E-state index in [0.717, 1.165) is 0 Å². The molecular weight excluding hydrogens is 255 g/mol. The summed E-state index contributed by atoms with van der Waals surface area (Å²) in [4.78, 5) is 13.9. The van der Waals surface area contributed by atoms with Crippen molar-refractivity contribution in [3.8, 4) is 5.75 Å². The fourth-order valence-corrected chi connectivity index (χ4v) is 1.32. The van der Waals surface area contributed by atoms with Crippen LogP contribution in [0.3, 0.4) is 0 Å². The first kappa shape index (κ1) is 11.4. The van der Waals surface area contributed by atoms with E-state index in [4.69, 9.17) is 0 Å². The van der Waals surface area contributed by atoms with Crippen molar-refractivity contribution in [2.24, 2.45) is 0 Å². The van der Waals surface area contributed by atoms with Gasteiger partial charge >= 0.3 is 0 Å².